The number of sulfone groups is 1. The minimum atomic E-state index is -6.12. The van der Waals surface area contributed by atoms with E-state index in [1.54, 1.807) is 0 Å². The highest BCUT2D eigenvalue weighted by atomic mass is 32.2. The maximum Gasteiger partial charge on any atom is 0.430 e. The number of carbonyl (C=O) groups excluding carboxylic acids is 1. The summed E-state index contributed by atoms with van der Waals surface area (Å²) in [6.45, 7) is 0.875. The van der Waals surface area contributed by atoms with Crippen LogP contribution in [0.2, 0.25) is 0 Å². The van der Waals surface area contributed by atoms with Crippen LogP contribution >= 0.6 is 0 Å². The maximum absolute atomic E-state index is 13.7. The Labute approximate surface area is 219 Å². The summed E-state index contributed by atoms with van der Waals surface area (Å²) in [7, 11) is -4.41. The molecule has 0 aromatic heterocycles. The SMILES string of the molecule is O=C(NC1CCOCC1)[C@H]1C[C@@](c2ccc(C(O)(C(F)(F)F)C(F)(F)F)cc2)(S(=O)(=O)c2ccc(F)cc2)C1. The van der Waals surface area contributed by atoms with Gasteiger partial charge in [0, 0.05) is 30.7 Å². The molecule has 14 heteroatoms. The van der Waals surface area contributed by atoms with E-state index in [-0.39, 0.29) is 29.3 Å². The Balaban J connectivity index is 1.71. The van der Waals surface area contributed by atoms with E-state index in [9.17, 15) is 49.1 Å². The van der Waals surface area contributed by atoms with Crippen LogP contribution in [-0.4, -0.2) is 51.0 Å². The number of amides is 1. The molecule has 39 heavy (non-hydrogen) atoms. The average Bonchev–Trinajstić information content (AvgIpc) is 2.82. The average molecular weight is 584 g/mol. The van der Waals surface area contributed by atoms with Crippen molar-refractivity contribution in [1.82, 2.24) is 5.32 Å². The normalized spacial score (nSPS) is 23.2. The van der Waals surface area contributed by atoms with Crippen molar-refractivity contribution in [2.75, 3.05) is 13.2 Å². The molecule has 1 aliphatic heterocycles. The van der Waals surface area contributed by atoms with E-state index in [1.807, 2.05) is 0 Å². The van der Waals surface area contributed by atoms with Crippen LogP contribution in [0.25, 0.3) is 0 Å². The fourth-order valence-electron chi connectivity index (χ4n) is 5.04. The van der Waals surface area contributed by atoms with Gasteiger partial charge in [-0.3, -0.25) is 4.79 Å². The predicted octanol–water partition coefficient (Wildman–Crippen LogP) is 4.51. The number of nitrogens with one attached hydrogen (secondary N) is 1. The standard InChI is InChI=1S/C25H24F7NO5S/c26-18-5-7-20(8-6-18)39(36,37)22(13-15(14-22)21(34)33-19-9-11-38-12-10-19)16-1-3-17(4-2-16)23(35,24(27,28)29)25(30,31)32/h1-8,15,19,35H,9-14H2,(H,33,34)/t15-,22+. The lowest BCUT2D eigenvalue weighted by atomic mass is 9.69. The quantitative estimate of drug-likeness (QED) is 0.386. The Morgan fingerprint density at radius 3 is 1.90 bits per heavy atom. The van der Waals surface area contributed by atoms with Crippen molar-refractivity contribution >= 4 is 15.7 Å². The lowest BCUT2D eigenvalue weighted by molar-refractivity contribution is -0.376. The highest BCUT2D eigenvalue weighted by molar-refractivity contribution is 7.92. The minimum Gasteiger partial charge on any atom is -0.381 e. The van der Waals surface area contributed by atoms with Gasteiger partial charge in [0.2, 0.25) is 5.91 Å². The summed E-state index contributed by atoms with van der Waals surface area (Å²) in [5, 5.41) is 12.5. The first kappa shape index (κ1) is 29.3. The zero-order chi connectivity index (χ0) is 28.9. The molecule has 1 heterocycles. The van der Waals surface area contributed by atoms with Crippen LogP contribution in [0.1, 0.15) is 36.8 Å². The van der Waals surface area contributed by atoms with E-state index in [4.69, 9.17) is 4.74 Å². The number of aliphatic hydroxyl groups is 1. The van der Waals surface area contributed by atoms with Gasteiger partial charge >= 0.3 is 12.4 Å². The fourth-order valence-corrected chi connectivity index (χ4v) is 7.27. The summed E-state index contributed by atoms with van der Waals surface area (Å²) >= 11 is 0. The van der Waals surface area contributed by atoms with Gasteiger partial charge in [-0.05, 0) is 55.5 Å². The number of carbonyl (C=O) groups is 1. The van der Waals surface area contributed by atoms with Crippen molar-refractivity contribution in [2.45, 2.75) is 59.3 Å². The van der Waals surface area contributed by atoms with Gasteiger partial charge in [0.1, 0.15) is 10.6 Å². The van der Waals surface area contributed by atoms with Crippen LogP contribution in [0, 0.1) is 11.7 Å². The van der Waals surface area contributed by atoms with Crippen molar-refractivity contribution in [3.05, 3.63) is 65.5 Å². The van der Waals surface area contributed by atoms with E-state index in [2.05, 4.69) is 5.32 Å². The minimum absolute atomic E-state index is 0.169. The highest BCUT2D eigenvalue weighted by Crippen LogP contribution is 2.55. The Hall–Kier alpha value is -2.71. The van der Waals surface area contributed by atoms with Gasteiger partial charge in [0.25, 0.3) is 5.60 Å². The van der Waals surface area contributed by atoms with E-state index >= 15 is 0 Å². The first-order chi connectivity index (χ1) is 18.0. The third-order valence-electron chi connectivity index (χ3n) is 7.38. The molecule has 0 atom stereocenters. The topological polar surface area (TPSA) is 92.7 Å². The van der Waals surface area contributed by atoms with Crippen molar-refractivity contribution < 1.29 is 53.8 Å². The van der Waals surface area contributed by atoms with Gasteiger partial charge < -0.3 is 15.2 Å². The van der Waals surface area contributed by atoms with Gasteiger partial charge in [-0.2, -0.15) is 26.3 Å². The van der Waals surface area contributed by atoms with Crippen LogP contribution in [0.4, 0.5) is 30.7 Å². The Morgan fingerprint density at radius 2 is 1.41 bits per heavy atom. The zero-order valence-corrected chi connectivity index (χ0v) is 21.0. The van der Waals surface area contributed by atoms with Crippen LogP contribution in [-0.2, 0) is 29.7 Å². The summed E-state index contributed by atoms with van der Waals surface area (Å²) in [4.78, 5) is 12.5. The molecule has 0 bridgehead atoms. The molecule has 214 valence electrons. The molecule has 0 unspecified atom stereocenters. The van der Waals surface area contributed by atoms with Crippen molar-refractivity contribution in [3.8, 4) is 0 Å². The number of halogens is 7. The predicted molar refractivity (Wildman–Crippen MR) is 122 cm³/mol. The molecular formula is C25H24F7NO5S. The summed E-state index contributed by atoms with van der Waals surface area (Å²) in [5.41, 5.74) is -6.90. The first-order valence-electron chi connectivity index (χ1n) is 11.9. The monoisotopic (exact) mass is 583 g/mol. The van der Waals surface area contributed by atoms with Gasteiger partial charge in [-0.1, -0.05) is 24.3 Å². The number of rotatable bonds is 6. The summed E-state index contributed by atoms with van der Waals surface area (Å²) in [5.74, 6) is -1.98. The van der Waals surface area contributed by atoms with E-state index in [1.165, 1.54) is 0 Å². The second-order valence-corrected chi connectivity index (χ2v) is 12.0. The smallest absolute Gasteiger partial charge is 0.381 e. The second kappa shape index (κ2) is 10.0. The molecule has 2 aromatic carbocycles. The Kier molecular flexibility index (Phi) is 7.54. The first-order valence-corrected chi connectivity index (χ1v) is 13.4. The largest absolute Gasteiger partial charge is 0.430 e. The zero-order valence-electron chi connectivity index (χ0n) is 20.2. The van der Waals surface area contributed by atoms with Crippen molar-refractivity contribution in [2.24, 2.45) is 5.92 Å². The summed E-state index contributed by atoms with van der Waals surface area (Å²) in [6.07, 6.45) is -11.8. The van der Waals surface area contributed by atoms with Crippen LogP contribution < -0.4 is 5.32 Å². The van der Waals surface area contributed by atoms with Crippen molar-refractivity contribution in [1.29, 1.82) is 0 Å². The molecule has 0 spiro atoms. The third-order valence-corrected chi connectivity index (χ3v) is 9.87. The van der Waals surface area contributed by atoms with Crippen LogP contribution in [0.15, 0.2) is 53.4 Å². The Bertz CT molecular complexity index is 1280. The van der Waals surface area contributed by atoms with E-state index < -0.39 is 55.7 Å². The molecule has 2 N–H and O–H groups in total. The second-order valence-electron chi connectivity index (χ2n) is 9.74. The third kappa shape index (κ3) is 5.02. The summed E-state index contributed by atoms with van der Waals surface area (Å²) in [6, 6.07) is 5.86. The van der Waals surface area contributed by atoms with Gasteiger partial charge in [0.05, 0.1) is 4.90 Å². The lowest BCUT2D eigenvalue weighted by Gasteiger charge is -2.47. The lowest BCUT2D eigenvalue weighted by Crippen LogP contribution is -2.55. The van der Waals surface area contributed by atoms with Gasteiger partial charge in [-0.25, -0.2) is 12.8 Å². The van der Waals surface area contributed by atoms with Gasteiger partial charge in [-0.15, -0.1) is 0 Å². The number of hydrogen-bond donors (Lipinski definition) is 2. The Morgan fingerprint density at radius 1 is 0.897 bits per heavy atom. The molecule has 6 nitrogen and oxygen atoms in total. The molecule has 2 aromatic rings. The maximum atomic E-state index is 13.7. The molecule has 0 radical (unpaired) electrons. The highest BCUT2D eigenvalue weighted by Gasteiger charge is 2.71. The van der Waals surface area contributed by atoms with Gasteiger partial charge in [0.15, 0.2) is 9.84 Å². The van der Waals surface area contributed by atoms with Crippen molar-refractivity contribution in [3.63, 3.8) is 0 Å². The molecule has 1 saturated heterocycles. The molecule has 1 amide bonds. The molecule has 2 fully saturated rings. The molecule has 2 aliphatic rings. The fraction of sp³-hybridized carbons (Fsp3) is 0.480. The van der Waals surface area contributed by atoms with Crippen LogP contribution in [0.5, 0.6) is 0 Å². The number of ether oxygens (including phenoxy) is 1. The molecule has 4 rings (SSSR count). The summed E-state index contributed by atoms with van der Waals surface area (Å²) < 4.78 is 124. The molecular weight excluding hydrogens is 559 g/mol. The van der Waals surface area contributed by atoms with E-state index in [0.29, 0.717) is 38.2 Å². The van der Waals surface area contributed by atoms with Crippen LogP contribution in [0.3, 0.4) is 0 Å². The molecule has 1 aliphatic carbocycles. The number of alkyl halides is 6. The number of hydrogen-bond acceptors (Lipinski definition) is 5. The van der Waals surface area contributed by atoms with E-state index in [0.717, 1.165) is 36.4 Å². The number of benzene rings is 2. The molecule has 1 saturated carbocycles.